The molecule has 5 rings (SSSR count). The zero-order chi connectivity index (χ0) is 17.3. The van der Waals surface area contributed by atoms with E-state index < -0.39 is 5.41 Å². The van der Waals surface area contributed by atoms with Crippen molar-refractivity contribution in [2.45, 2.75) is 37.3 Å². The highest BCUT2D eigenvalue weighted by molar-refractivity contribution is 6.08. The van der Waals surface area contributed by atoms with Gasteiger partial charge in [-0.2, -0.15) is 0 Å². The molecule has 0 aliphatic carbocycles. The maximum absolute atomic E-state index is 13.3. The van der Waals surface area contributed by atoms with Crippen LogP contribution >= 0.6 is 0 Å². The normalized spacial score (nSPS) is 38.2. The number of benzene rings is 1. The minimum absolute atomic E-state index is 0.0678. The van der Waals surface area contributed by atoms with Crippen molar-refractivity contribution in [3.8, 4) is 0 Å². The first kappa shape index (κ1) is 15.1. The summed E-state index contributed by atoms with van der Waals surface area (Å²) in [7, 11) is 1.87. The molecule has 1 aromatic carbocycles. The van der Waals surface area contributed by atoms with Crippen molar-refractivity contribution in [3.05, 3.63) is 41.7 Å². The number of likely N-dealkylation sites (N-methyl/N-ethyl adjacent to an activating group) is 1. The van der Waals surface area contributed by atoms with E-state index in [1.54, 1.807) is 18.1 Å². The molecule has 1 spiro atoms. The number of allylic oxidation sites excluding steroid dienone is 1. The van der Waals surface area contributed by atoms with Crippen molar-refractivity contribution in [1.29, 1.82) is 0 Å². The highest BCUT2D eigenvalue weighted by atomic mass is 16.5. The molecule has 2 fully saturated rings. The van der Waals surface area contributed by atoms with Gasteiger partial charge in [0.1, 0.15) is 0 Å². The fraction of sp³-hybridized carbons (Fsp3) is 0.500. The van der Waals surface area contributed by atoms with Crippen molar-refractivity contribution in [3.63, 3.8) is 0 Å². The first-order valence-electron chi connectivity index (χ1n) is 9.00. The molecule has 5 atom stereocenters. The van der Waals surface area contributed by atoms with Crippen LogP contribution in [-0.4, -0.2) is 37.4 Å². The van der Waals surface area contributed by atoms with Crippen LogP contribution in [0.15, 0.2) is 36.1 Å². The van der Waals surface area contributed by atoms with Crippen LogP contribution in [0.3, 0.4) is 0 Å². The zero-order valence-electron chi connectivity index (χ0n) is 14.5. The Bertz CT molecular complexity index is 817. The van der Waals surface area contributed by atoms with Crippen LogP contribution < -0.4 is 10.2 Å². The molecule has 5 heteroatoms. The van der Waals surface area contributed by atoms with E-state index in [0.29, 0.717) is 6.61 Å². The van der Waals surface area contributed by atoms with Crippen LogP contribution in [0.5, 0.6) is 0 Å². The van der Waals surface area contributed by atoms with Crippen LogP contribution in [0.4, 0.5) is 5.69 Å². The van der Waals surface area contributed by atoms with Crippen LogP contribution in [0.2, 0.25) is 0 Å². The molecule has 4 heterocycles. The maximum Gasteiger partial charge on any atom is 0.239 e. The number of hydrogen-bond acceptors (Lipinski definition) is 4. The maximum atomic E-state index is 13.3. The number of ether oxygens (including phenoxy) is 1. The number of nitrogens with one attached hydrogen (secondary N) is 1. The summed E-state index contributed by atoms with van der Waals surface area (Å²) in [5, 5.41) is 3.71. The summed E-state index contributed by atoms with van der Waals surface area (Å²) in [6.07, 6.45) is 3.24. The van der Waals surface area contributed by atoms with Crippen molar-refractivity contribution >= 4 is 17.4 Å². The van der Waals surface area contributed by atoms with Crippen LogP contribution in [0.25, 0.3) is 0 Å². The number of anilines is 1. The molecule has 25 heavy (non-hydrogen) atoms. The number of piperidine rings is 1. The molecular weight excluding hydrogens is 316 g/mol. The standard InChI is InChI=1S/C20H22N2O3/c1-11(23)13-9-25-10-14-12(13)7-18-20(8-16(14)21-18)15-5-3-4-6-17(15)22(2)19(20)24/h3-6,9,12,14,16,18,21H,7-8,10H2,1-2H3/t12-,14-,16-,18?,20+/m1/s1. The second-order valence-corrected chi connectivity index (χ2v) is 7.85. The van der Waals surface area contributed by atoms with E-state index in [1.165, 1.54) is 0 Å². The Morgan fingerprint density at radius 3 is 2.96 bits per heavy atom. The number of carbonyl (C=O) groups excluding carboxylic acids is 2. The average Bonchev–Trinajstić information content (AvgIpc) is 3.04. The summed E-state index contributed by atoms with van der Waals surface area (Å²) in [5.41, 5.74) is 2.44. The van der Waals surface area contributed by atoms with E-state index in [0.717, 1.165) is 29.7 Å². The monoisotopic (exact) mass is 338 g/mol. The average molecular weight is 338 g/mol. The number of amides is 1. The molecule has 2 saturated heterocycles. The molecule has 1 aromatic rings. The third kappa shape index (κ3) is 1.77. The number of ketones is 1. The Labute approximate surface area is 147 Å². The molecule has 4 aliphatic heterocycles. The highest BCUT2D eigenvalue weighted by Gasteiger charge is 2.63. The molecule has 2 bridgehead atoms. The third-order valence-corrected chi connectivity index (χ3v) is 6.81. The van der Waals surface area contributed by atoms with Gasteiger partial charge in [0.05, 0.1) is 18.3 Å². The lowest BCUT2D eigenvalue weighted by molar-refractivity contribution is -0.123. The van der Waals surface area contributed by atoms with Gasteiger partial charge in [-0.25, -0.2) is 0 Å². The molecule has 1 unspecified atom stereocenters. The van der Waals surface area contributed by atoms with E-state index in [9.17, 15) is 9.59 Å². The van der Waals surface area contributed by atoms with E-state index >= 15 is 0 Å². The van der Waals surface area contributed by atoms with Gasteiger partial charge in [0.15, 0.2) is 5.78 Å². The van der Waals surface area contributed by atoms with E-state index in [1.807, 2.05) is 25.2 Å². The number of rotatable bonds is 1. The van der Waals surface area contributed by atoms with Crippen molar-refractivity contribution in [2.75, 3.05) is 18.6 Å². The van der Waals surface area contributed by atoms with E-state index in [2.05, 4.69) is 11.4 Å². The van der Waals surface area contributed by atoms with Gasteiger partial charge in [0.2, 0.25) is 5.91 Å². The lowest BCUT2D eigenvalue weighted by atomic mass is 9.72. The van der Waals surface area contributed by atoms with Gasteiger partial charge in [-0.3, -0.25) is 9.59 Å². The number of Topliss-reactive ketones (excluding diaryl/α,β-unsaturated/α-hetero) is 1. The second-order valence-electron chi connectivity index (χ2n) is 7.85. The molecule has 5 nitrogen and oxygen atoms in total. The summed E-state index contributed by atoms with van der Waals surface area (Å²) in [6.45, 7) is 2.23. The molecule has 0 saturated carbocycles. The van der Waals surface area contributed by atoms with Gasteiger partial charge in [-0.1, -0.05) is 18.2 Å². The SMILES string of the molecule is CC(=O)C1=COC[C@@H]2[C@@H]1CC1N[C@@H]2C[C@@]12C(=O)N(C)c1ccccc12. The minimum atomic E-state index is -0.505. The van der Waals surface area contributed by atoms with Crippen LogP contribution in [-0.2, 0) is 19.7 Å². The van der Waals surface area contributed by atoms with Crippen molar-refractivity contribution in [2.24, 2.45) is 11.8 Å². The van der Waals surface area contributed by atoms with Gasteiger partial charge in [0.25, 0.3) is 0 Å². The topological polar surface area (TPSA) is 58.6 Å². The van der Waals surface area contributed by atoms with Crippen LogP contribution in [0.1, 0.15) is 25.3 Å². The number of hydrogen-bond donors (Lipinski definition) is 1. The first-order chi connectivity index (χ1) is 12.0. The van der Waals surface area contributed by atoms with Gasteiger partial charge >= 0.3 is 0 Å². The van der Waals surface area contributed by atoms with Crippen molar-refractivity contribution < 1.29 is 14.3 Å². The number of carbonyl (C=O) groups is 2. The molecule has 0 radical (unpaired) electrons. The highest BCUT2D eigenvalue weighted by Crippen LogP contribution is 2.55. The Hall–Kier alpha value is -2.14. The molecular formula is C20H22N2O3. The summed E-state index contributed by atoms with van der Waals surface area (Å²) in [6, 6.07) is 8.41. The summed E-state index contributed by atoms with van der Waals surface area (Å²) in [5.74, 6) is 0.708. The molecule has 1 N–H and O–H groups in total. The van der Waals surface area contributed by atoms with Crippen LogP contribution in [0, 0.1) is 11.8 Å². The van der Waals surface area contributed by atoms with E-state index in [4.69, 9.17) is 4.74 Å². The third-order valence-electron chi connectivity index (χ3n) is 6.81. The first-order valence-corrected chi connectivity index (χ1v) is 9.00. The van der Waals surface area contributed by atoms with Gasteiger partial charge in [0, 0.05) is 36.3 Å². The number of fused-ring (bicyclic) bond motifs is 7. The van der Waals surface area contributed by atoms with E-state index in [-0.39, 0.29) is 35.6 Å². The molecule has 0 aromatic heterocycles. The predicted molar refractivity (Wildman–Crippen MR) is 93.2 cm³/mol. The van der Waals surface area contributed by atoms with Gasteiger partial charge in [-0.15, -0.1) is 0 Å². The Balaban J connectivity index is 1.61. The fourth-order valence-corrected chi connectivity index (χ4v) is 5.67. The molecule has 130 valence electrons. The largest absolute Gasteiger partial charge is 0.500 e. The number of nitrogens with zero attached hydrogens (tertiary/aromatic N) is 1. The Morgan fingerprint density at radius 1 is 1.36 bits per heavy atom. The zero-order valence-corrected chi connectivity index (χ0v) is 14.5. The molecule has 4 aliphatic rings. The summed E-state index contributed by atoms with van der Waals surface area (Å²) >= 11 is 0. The smallest absolute Gasteiger partial charge is 0.239 e. The lowest BCUT2D eigenvalue weighted by Gasteiger charge is -2.41. The van der Waals surface area contributed by atoms with Crippen molar-refractivity contribution in [1.82, 2.24) is 5.32 Å². The second kappa shape index (κ2) is 4.94. The minimum Gasteiger partial charge on any atom is -0.500 e. The van der Waals surface area contributed by atoms with Gasteiger partial charge in [-0.05, 0) is 37.3 Å². The quantitative estimate of drug-likeness (QED) is 0.848. The lowest BCUT2D eigenvalue weighted by Crippen LogP contribution is -2.53. The Morgan fingerprint density at radius 2 is 2.16 bits per heavy atom. The van der Waals surface area contributed by atoms with Gasteiger partial charge < -0.3 is 15.0 Å². The predicted octanol–water partition coefficient (Wildman–Crippen LogP) is 1.77. The molecule has 1 amide bonds. The summed E-state index contributed by atoms with van der Waals surface area (Å²) < 4.78 is 5.61. The number of para-hydroxylation sites is 1. The summed E-state index contributed by atoms with van der Waals surface area (Å²) in [4.78, 5) is 27.2. The Kier molecular flexibility index (Phi) is 2.99. The fourth-order valence-electron chi connectivity index (χ4n) is 5.67.